The van der Waals surface area contributed by atoms with Crippen LogP contribution in [0.1, 0.15) is 120 Å². The van der Waals surface area contributed by atoms with Gasteiger partial charge in [-0.3, -0.25) is 55.5 Å². The van der Waals surface area contributed by atoms with E-state index in [0.29, 0.717) is 54.5 Å². The number of amides is 5. The Hall–Kier alpha value is -14.9. The zero-order valence-corrected chi connectivity index (χ0v) is 73.2. The van der Waals surface area contributed by atoms with E-state index >= 15 is 0 Å². The van der Waals surface area contributed by atoms with Crippen LogP contribution in [0.2, 0.25) is 0 Å². The molecule has 5 amide bonds. The van der Waals surface area contributed by atoms with Crippen LogP contribution in [0.3, 0.4) is 0 Å². The van der Waals surface area contributed by atoms with Crippen LogP contribution in [0.15, 0.2) is 331 Å². The molecule has 0 fully saturated rings. The number of carbonyl (C=O) groups excluding carboxylic acids is 5. The van der Waals surface area contributed by atoms with Crippen LogP contribution >= 0.6 is 56.7 Å². The third-order valence-corrected chi connectivity index (χ3v) is 23.4. The van der Waals surface area contributed by atoms with Crippen LogP contribution in [0, 0.1) is 48.5 Å². The molecule has 0 aliphatic heterocycles. The van der Waals surface area contributed by atoms with Crippen LogP contribution in [0.4, 0.5) is 25.7 Å². The third kappa shape index (κ3) is 24.3. The number of benzene rings is 8. The van der Waals surface area contributed by atoms with Gasteiger partial charge in [0.25, 0.3) is 29.5 Å². The fourth-order valence-electron chi connectivity index (χ4n) is 12.7. The number of nitrogens with zero attached hydrogens (tertiary/aromatic N) is 6. The molecule has 0 aliphatic rings. The van der Waals surface area contributed by atoms with Gasteiger partial charge in [-0.25, -0.2) is 24.9 Å². The number of hydrogen-bond donors (Lipinski definition) is 5. The molecule has 8 aromatic carbocycles. The van der Waals surface area contributed by atoms with E-state index < -0.39 is 0 Å². The van der Waals surface area contributed by atoms with Crippen LogP contribution in [-0.2, 0) is 12.8 Å². The predicted octanol–water partition coefficient (Wildman–Crippen LogP) is 26.5. The molecule has 0 spiro atoms. The van der Waals surface area contributed by atoms with Crippen molar-refractivity contribution in [2.45, 2.75) is 68.7 Å². The first-order valence-electron chi connectivity index (χ1n) is 39.8. The van der Waals surface area contributed by atoms with Gasteiger partial charge in [0.2, 0.25) is 0 Å². The Balaban J connectivity index is 0.000000129. The summed E-state index contributed by atoms with van der Waals surface area (Å²) in [7, 11) is 0. The summed E-state index contributed by atoms with van der Waals surface area (Å²) in [6, 6.07) is 87.5. The predicted molar refractivity (Wildman–Crippen MR) is 510 cm³/mol. The zero-order valence-electron chi connectivity index (χ0n) is 69.2. The number of aromatic nitrogens is 6. The minimum atomic E-state index is -0.318. The monoisotopic (exact) mass is 1770 g/mol. The molecule has 127 heavy (non-hydrogen) atoms. The molecule has 19 aromatic rings. The summed E-state index contributed by atoms with van der Waals surface area (Å²) < 4.78 is 29.5. The molecular weight excluding hydrogens is 1690 g/mol. The van der Waals surface area contributed by atoms with Crippen molar-refractivity contribution in [2.24, 2.45) is 0 Å². The van der Waals surface area contributed by atoms with Crippen LogP contribution in [-0.4, -0.2) is 59.4 Å². The lowest BCUT2D eigenvalue weighted by atomic mass is 10.1. The quantitative estimate of drug-likeness (QED) is 0.0474. The summed E-state index contributed by atoms with van der Waals surface area (Å²) in [5.74, 6) is 3.11. The SMILES string of the molecule is C.Cc1ccc(Cc2cnc(NC(=O)c3ccc(-c4cccnc4)o3)s2)cc1.Cc1cccc(-c2ccc(C(=O)Nc3nc(Cc4ccccc4)cs3)o2)c1.Cc1cccc(-c2ccc(C(=O)Nc3nc4cc(C)ccc4s3)o2)c1.Cc1cccc(-c2ccc(C(=O)Nc3ncc(-c4ccccc4)s3)o2)c1.Cc1cccc(-c2ccc(C(=O)Nc3ncc(C)s3)o2)c1. The number of furan rings is 5. The lowest BCUT2D eigenvalue weighted by Crippen LogP contribution is -2.10. The van der Waals surface area contributed by atoms with E-state index in [1.807, 2.05) is 235 Å². The van der Waals surface area contributed by atoms with E-state index in [2.05, 4.69) is 99.8 Å². The number of thiazole rings is 5. The van der Waals surface area contributed by atoms with Crippen LogP contribution in [0.5, 0.6) is 0 Å². The number of fused-ring (bicyclic) bond motifs is 1. The van der Waals surface area contributed by atoms with Crippen molar-refractivity contribution in [3.8, 4) is 67.1 Å². The maximum atomic E-state index is 12.5. The number of nitrogens with one attached hydrogen (secondary N) is 5. The molecule has 0 saturated carbocycles. The molecule has 5 N–H and O–H groups in total. The second-order valence-corrected chi connectivity index (χ2v) is 34.3. The molecule has 26 heteroatoms. The van der Waals surface area contributed by atoms with Crippen LogP contribution < -0.4 is 26.6 Å². The maximum Gasteiger partial charge on any atom is 0.293 e. The molecular formula is C101H85N11O10S5. The summed E-state index contributed by atoms with van der Waals surface area (Å²) >= 11 is 7.19. The Morgan fingerprint density at radius 1 is 0.315 bits per heavy atom. The smallest absolute Gasteiger partial charge is 0.293 e. The van der Waals surface area contributed by atoms with Crippen molar-refractivity contribution in [1.82, 2.24) is 29.9 Å². The van der Waals surface area contributed by atoms with Gasteiger partial charge < -0.3 is 22.1 Å². The average molecular weight is 1770 g/mol. The highest BCUT2D eigenvalue weighted by molar-refractivity contribution is 7.22. The number of carbonyl (C=O) groups is 5. The summed E-state index contributed by atoms with van der Waals surface area (Å²) in [6.45, 7) is 14.1. The topological polar surface area (TPSA) is 289 Å². The Labute approximate surface area is 753 Å². The van der Waals surface area contributed by atoms with Crippen molar-refractivity contribution >= 4 is 122 Å². The molecule has 0 atom stereocenters. The van der Waals surface area contributed by atoms with Crippen molar-refractivity contribution in [3.05, 3.63) is 398 Å². The Bertz CT molecular complexity index is 6950. The van der Waals surface area contributed by atoms with E-state index in [9.17, 15) is 24.0 Å². The molecule has 19 rings (SSSR count). The second kappa shape index (κ2) is 42.0. The summed E-state index contributed by atoms with van der Waals surface area (Å²) in [4.78, 5) is 90.6. The first kappa shape index (κ1) is 88.4. The largest absolute Gasteiger partial charge is 0.451 e. The molecule has 0 saturated heterocycles. The standard InChI is InChI=1S/C22H18N2O2S.C21H17N3O2S.C21H16N2O2S.C20H16N2O2S.C16H14N2O2S.CH4/c1-15-6-5-9-17(12-15)19-10-11-20(26-19)21(25)24-22-23-18(14-27-22)13-16-7-3-2-4-8-16;1-14-4-6-15(7-5-14)11-17-13-23-21(27-17)24-20(25)19-9-8-18(26-19)16-3-2-10-22-12-16;1-14-6-5-9-16(12-14)17-10-11-18(25-17)20(24)23-21-22-13-19(26-21)15-7-3-2-4-8-15;1-12-4-3-5-14(10-12)16-7-8-17(24-16)19(23)22-20-21-15-11-13(2)6-9-18(15)25-20;1-10-4-3-5-12(8-10)13-6-7-14(20-13)15(19)18-16-17-9-11(2)21-16;/h2-12,14H,13H2,1H3,(H,23,24,25);2-10,12-13H,11H2,1H3,(H,23,24,25);2-13H,1H3,(H,22,23,24);3-11H,1-2H3,(H,21,22,23);3-9H,1-2H3,(H,17,18,19);1H4. The van der Waals surface area contributed by atoms with Gasteiger partial charge in [0, 0.05) is 86.8 Å². The van der Waals surface area contributed by atoms with Gasteiger partial charge in [0.05, 0.1) is 20.8 Å². The molecule has 634 valence electrons. The van der Waals surface area contributed by atoms with Crippen molar-refractivity contribution < 1.29 is 46.1 Å². The van der Waals surface area contributed by atoms with Gasteiger partial charge >= 0.3 is 0 Å². The van der Waals surface area contributed by atoms with E-state index in [1.54, 1.807) is 79.5 Å². The molecule has 0 aliphatic carbocycles. The lowest BCUT2D eigenvalue weighted by molar-refractivity contribution is 0.0990. The van der Waals surface area contributed by atoms with E-state index in [-0.39, 0.29) is 65.8 Å². The minimum absolute atomic E-state index is 0. The summed E-state index contributed by atoms with van der Waals surface area (Å²) in [5, 5.41) is 18.7. The van der Waals surface area contributed by atoms with Gasteiger partial charge in [0.15, 0.2) is 54.5 Å². The molecule has 11 aromatic heterocycles. The fraction of sp³-hybridized carbons (Fsp3) is 0.0990. The summed E-state index contributed by atoms with van der Waals surface area (Å²) in [6.07, 6.45) is 10.2. The number of rotatable bonds is 20. The highest BCUT2D eigenvalue weighted by atomic mass is 32.1. The van der Waals surface area contributed by atoms with E-state index in [1.165, 1.54) is 73.4 Å². The average Bonchev–Trinajstić information content (AvgIpc) is 1.69. The van der Waals surface area contributed by atoms with Crippen molar-refractivity contribution in [3.63, 3.8) is 0 Å². The number of pyridine rings is 1. The molecule has 11 heterocycles. The van der Waals surface area contributed by atoms with Gasteiger partial charge in [-0.1, -0.05) is 222 Å². The van der Waals surface area contributed by atoms with E-state index in [4.69, 9.17) is 22.1 Å². The van der Waals surface area contributed by atoms with Gasteiger partial charge in [-0.15, -0.1) is 34.0 Å². The summed E-state index contributed by atoms with van der Waals surface area (Å²) in [5.41, 5.74) is 16.9. The highest BCUT2D eigenvalue weighted by Crippen LogP contribution is 2.34. The molecule has 0 unspecified atom stereocenters. The molecule has 0 radical (unpaired) electrons. The van der Waals surface area contributed by atoms with E-state index in [0.717, 1.165) is 105 Å². The number of anilines is 5. The molecule has 21 nitrogen and oxygen atoms in total. The number of aryl methyl sites for hydroxylation is 7. The number of hydrogen-bond acceptors (Lipinski definition) is 21. The van der Waals surface area contributed by atoms with Gasteiger partial charge in [0.1, 0.15) is 28.8 Å². The fourth-order valence-corrected chi connectivity index (χ4v) is 16.6. The van der Waals surface area contributed by atoms with Gasteiger partial charge in [-0.05, 0) is 180 Å². The zero-order chi connectivity index (χ0) is 87.4. The normalized spacial score (nSPS) is 10.6. The lowest BCUT2D eigenvalue weighted by Gasteiger charge is -2.00. The van der Waals surface area contributed by atoms with Crippen molar-refractivity contribution in [2.75, 3.05) is 26.6 Å². The third-order valence-electron chi connectivity index (χ3n) is 19.0. The van der Waals surface area contributed by atoms with Crippen molar-refractivity contribution in [1.29, 1.82) is 0 Å². The first-order valence-corrected chi connectivity index (χ1v) is 43.9. The van der Waals surface area contributed by atoms with Gasteiger partial charge in [-0.2, -0.15) is 0 Å². The minimum Gasteiger partial charge on any atom is -0.451 e. The first-order chi connectivity index (χ1) is 61.2. The van der Waals surface area contributed by atoms with Crippen LogP contribution in [0.25, 0.3) is 77.3 Å². The second-order valence-electron chi connectivity index (χ2n) is 29.1. The Kier molecular flexibility index (Phi) is 29.2. The Morgan fingerprint density at radius 3 is 1.18 bits per heavy atom. The Morgan fingerprint density at radius 2 is 0.717 bits per heavy atom. The highest BCUT2D eigenvalue weighted by Gasteiger charge is 2.22. The molecule has 0 bridgehead atoms. The maximum absolute atomic E-state index is 12.5.